The maximum Gasteiger partial charge on any atom is 0.0701 e. The second kappa shape index (κ2) is 5.02. The zero-order valence-corrected chi connectivity index (χ0v) is 12.6. The Hall–Kier alpha value is 0.140. The second-order valence-corrected chi connectivity index (χ2v) is 8.15. The average molecular weight is 314 g/mol. The summed E-state index contributed by atoms with van der Waals surface area (Å²) in [6.07, 6.45) is 10.2. The molecule has 0 amide bonds. The number of halogens is 1. The highest BCUT2D eigenvalue weighted by Gasteiger charge is 2.46. The van der Waals surface area contributed by atoms with Gasteiger partial charge in [-0.2, -0.15) is 0 Å². The summed E-state index contributed by atoms with van der Waals surface area (Å²) in [7, 11) is 0. The molecule has 1 aromatic rings. The van der Waals surface area contributed by atoms with Gasteiger partial charge in [0.05, 0.1) is 3.79 Å². The Bertz CT molecular complexity index is 381. The summed E-state index contributed by atoms with van der Waals surface area (Å²) in [6, 6.07) is 5.18. The summed E-state index contributed by atoms with van der Waals surface area (Å²) in [5.41, 5.74) is 0.687. The number of hydrogen-bond donors (Lipinski definition) is 1. The van der Waals surface area contributed by atoms with Crippen LogP contribution in [0.2, 0.25) is 0 Å². The lowest BCUT2D eigenvalue weighted by Crippen LogP contribution is -2.53. The van der Waals surface area contributed by atoms with Gasteiger partial charge in [-0.05, 0) is 59.2 Å². The third-order valence-electron chi connectivity index (χ3n) is 4.67. The molecular weight excluding hydrogens is 294 g/mol. The maximum absolute atomic E-state index is 3.80. The van der Waals surface area contributed by atoms with Gasteiger partial charge in [0.2, 0.25) is 0 Å². The van der Waals surface area contributed by atoms with Gasteiger partial charge in [0, 0.05) is 17.5 Å². The van der Waals surface area contributed by atoms with Gasteiger partial charge < -0.3 is 5.32 Å². The highest BCUT2D eigenvalue weighted by atomic mass is 79.9. The van der Waals surface area contributed by atoms with Crippen molar-refractivity contribution in [3.8, 4) is 0 Å². The Balaban J connectivity index is 1.55. The molecule has 0 aliphatic heterocycles. The van der Waals surface area contributed by atoms with E-state index in [9.17, 15) is 0 Å². The van der Waals surface area contributed by atoms with Crippen molar-refractivity contribution in [2.75, 3.05) is 0 Å². The summed E-state index contributed by atoms with van der Waals surface area (Å²) >= 11 is 5.38. The van der Waals surface area contributed by atoms with E-state index in [0.29, 0.717) is 5.41 Å². The van der Waals surface area contributed by atoms with Crippen LogP contribution in [0.5, 0.6) is 0 Å². The van der Waals surface area contributed by atoms with E-state index in [4.69, 9.17) is 0 Å². The van der Waals surface area contributed by atoms with Gasteiger partial charge in [0.25, 0.3) is 0 Å². The first-order valence-corrected chi connectivity index (χ1v) is 8.37. The van der Waals surface area contributed by atoms with Gasteiger partial charge in [-0.1, -0.05) is 19.3 Å². The van der Waals surface area contributed by atoms with E-state index >= 15 is 0 Å². The Morgan fingerprint density at radius 3 is 2.65 bits per heavy atom. The van der Waals surface area contributed by atoms with Crippen molar-refractivity contribution < 1.29 is 0 Å². The van der Waals surface area contributed by atoms with Crippen LogP contribution >= 0.6 is 27.3 Å². The fraction of sp³-hybridized carbons (Fsp3) is 0.714. The molecule has 2 fully saturated rings. The molecule has 1 aromatic heterocycles. The SMILES string of the molecule is Brc1ccc(CNC2CCC23CCCCC3)s1. The third-order valence-corrected chi connectivity index (χ3v) is 6.29. The summed E-state index contributed by atoms with van der Waals surface area (Å²) in [4.78, 5) is 1.45. The summed E-state index contributed by atoms with van der Waals surface area (Å²) < 4.78 is 1.25. The molecule has 1 spiro atoms. The van der Waals surface area contributed by atoms with Crippen LogP contribution in [-0.2, 0) is 6.54 Å². The summed E-state index contributed by atoms with van der Waals surface area (Å²) in [5.74, 6) is 0. The molecular formula is C14H20BrNS. The minimum Gasteiger partial charge on any atom is -0.309 e. The quantitative estimate of drug-likeness (QED) is 0.852. The fourth-order valence-electron chi connectivity index (χ4n) is 3.54. The Kier molecular flexibility index (Phi) is 3.60. The standard InChI is InChI=1S/C14H20BrNS/c15-13-5-4-11(17-13)10-16-12-6-9-14(12)7-2-1-3-8-14/h4-5,12,16H,1-3,6-10H2. The molecule has 1 atom stereocenters. The van der Waals surface area contributed by atoms with Crippen molar-refractivity contribution in [3.05, 3.63) is 20.8 Å². The molecule has 0 aromatic carbocycles. The van der Waals surface area contributed by atoms with E-state index in [2.05, 4.69) is 33.4 Å². The van der Waals surface area contributed by atoms with E-state index in [1.54, 1.807) is 0 Å². The van der Waals surface area contributed by atoms with Crippen LogP contribution in [0.25, 0.3) is 0 Å². The molecule has 1 nitrogen and oxygen atoms in total. The van der Waals surface area contributed by atoms with Gasteiger partial charge in [-0.15, -0.1) is 11.3 Å². The molecule has 2 saturated carbocycles. The molecule has 17 heavy (non-hydrogen) atoms. The average Bonchev–Trinajstić information content (AvgIpc) is 2.75. The van der Waals surface area contributed by atoms with Crippen molar-refractivity contribution in [3.63, 3.8) is 0 Å². The normalized spacial score (nSPS) is 27.0. The summed E-state index contributed by atoms with van der Waals surface area (Å²) in [5, 5.41) is 3.80. The predicted molar refractivity (Wildman–Crippen MR) is 77.4 cm³/mol. The van der Waals surface area contributed by atoms with Gasteiger partial charge in [0.15, 0.2) is 0 Å². The minimum absolute atomic E-state index is 0.687. The number of thiophene rings is 1. The van der Waals surface area contributed by atoms with Gasteiger partial charge >= 0.3 is 0 Å². The first-order chi connectivity index (χ1) is 8.28. The molecule has 1 unspecified atom stereocenters. The first-order valence-electron chi connectivity index (χ1n) is 6.76. The molecule has 0 saturated heterocycles. The van der Waals surface area contributed by atoms with Crippen LogP contribution in [0.4, 0.5) is 0 Å². The number of rotatable bonds is 3. The van der Waals surface area contributed by atoms with Gasteiger partial charge in [-0.3, -0.25) is 0 Å². The highest BCUT2D eigenvalue weighted by Crippen LogP contribution is 2.51. The molecule has 0 bridgehead atoms. The molecule has 3 rings (SSSR count). The van der Waals surface area contributed by atoms with Gasteiger partial charge in [0.1, 0.15) is 0 Å². The second-order valence-electron chi connectivity index (χ2n) is 5.60. The third kappa shape index (κ3) is 2.47. The smallest absolute Gasteiger partial charge is 0.0701 e. The lowest BCUT2D eigenvalue weighted by atomic mass is 9.57. The van der Waals surface area contributed by atoms with Crippen LogP contribution in [0.3, 0.4) is 0 Å². The van der Waals surface area contributed by atoms with Crippen molar-refractivity contribution >= 4 is 27.3 Å². The van der Waals surface area contributed by atoms with Gasteiger partial charge in [-0.25, -0.2) is 0 Å². The van der Waals surface area contributed by atoms with E-state index in [0.717, 1.165) is 12.6 Å². The molecule has 2 aliphatic rings. The molecule has 3 heteroatoms. The van der Waals surface area contributed by atoms with Crippen LogP contribution in [0, 0.1) is 5.41 Å². The van der Waals surface area contributed by atoms with Crippen molar-refractivity contribution in [2.24, 2.45) is 5.41 Å². The highest BCUT2D eigenvalue weighted by molar-refractivity contribution is 9.11. The predicted octanol–water partition coefficient (Wildman–Crippen LogP) is 4.71. The lowest BCUT2D eigenvalue weighted by molar-refractivity contribution is 0.0223. The summed E-state index contributed by atoms with van der Waals surface area (Å²) in [6.45, 7) is 1.06. The monoisotopic (exact) mass is 313 g/mol. The van der Waals surface area contributed by atoms with Crippen molar-refractivity contribution in [2.45, 2.75) is 57.5 Å². The van der Waals surface area contributed by atoms with E-state index in [1.807, 2.05) is 11.3 Å². The van der Waals surface area contributed by atoms with Crippen molar-refractivity contribution in [1.29, 1.82) is 0 Å². The van der Waals surface area contributed by atoms with Crippen molar-refractivity contribution in [1.82, 2.24) is 5.32 Å². The van der Waals surface area contributed by atoms with E-state index < -0.39 is 0 Å². The molecule has 1 heterocycles. The van der Waals surface area contributed by atoms with Crippen LogP contribution in [-0.4, -0.2) is 6.04 Å². The molecule has 0 radical (unpaired) electrons. The zero-order chi connectivity index (χ0) is 11.7. The Morgan fingerprint density at radius 1 is 1.24 bits per heavy atom. The zero-order valence-electron chi connectivity index (χ0n) is 10.2. The van der Waals surface area contributed by atoms with Crippen LogP contribution < -0.4 is 5.32 Å². The topological polar surface area (TPSA) is 12.0 Å². The fourth-order valence-corrected chi connectivity index (χ4v) is 4.97. The van der Waals surface area contributed by atoms with Crippen LogP contribution in [0.1, 0.15) is 49.8 Å². The number of nitrogens with one attached hydrogen (secondary N) is 1. The van der Waals surface area contributed by atoms with Crippen LogP contribution in [0.15, 0.2) is 15.9 Å². The largest absolute Gasteiger partial charge is 0.309 e. The number of hydrogen-bond acceptors (Lipinski definition) is 2. The molecule has 1 N–H and O–H groups in total. The molecule has 94 valence electrons. The first kappa shape index (κ1) is 12.2. The Morgan fingerprint density at radius 2 is 2.06 bits per heavy atom. The molecule has 2 aliphatic carbocycles. The maximum atomic E-state index is 3.80. The Labute approximate surface area is 116 Å². The minimum atomic E-state index is 0.687. The lowest BCUT2D eigenvalue weighted by Gasteiger charge is -2.52. The van der Waals surface area contributed by atoms with E-state index in [-0.39, 0.29) is 0 Å². The van der Waals surface area contributed by atoms with E-state index in [1.165, 1.54) is 53.6 Å².